The van der Waals surface area contributed by atoms with Crippen molar-refractivity contribution in [2.24, 2.45) is 0 Å². The van der Waals surface area contributed by atoms with Crippen molar-refractivity contribution in [1.82, 2.24) is 0 Å². The van der Waals surface area contributed by atoms with Gasteiger partial charge in [-0.25, -0.2) is 4.39 Å². The van der Waals surface area contributed by atoms with E-state index in [1.807, 2.05) is 6.92 Å². The summed E-state index contributed by atoms with van der Waals surface area (Å²) in [5, 5.41) is 1.19. The Morgan fingerprint density at radius 1 is 0.941 bits per heavy atom. The topological polar surface area (TPSA) is 0 Å². The quantitative estimate of drug-likeness (QED) is 0.708. The zero-order valence-corrected chi connectivity index (χ0v) is 10.7. The molecule has 87 valence electrons. The molecule has 0 nitrogen and oxygen atoms in total. The van der Waals surface area contributed by atoms with Crippen LogP contribution in [0.1, 0.15) is 18.1 Å². The predicted molar refractivity (Wildman–Crippen MR) is 70.0 cm³/mol. The van der Waals surface area contributed by atoms with Gasteiger partial charge in [-0.2, -0.15) is 0 Å². The SMILES string of the molecule is C[C](c1ccc(F)cc1)c1c(Cl)cccc1Cl. The van der Waals surface area contributed by atoms with Gasteiger partial charge in [0.15, 0.2) is 0 Å². The van der Waals surface area contributed by atoms with Crippen LogP contribution in [0.3, 0.4) is 0 Å². The first kappa shape index (κ1) is 12.4. The molecule has 0 atom stereocenters. The standard InChI is InChI=1S/C14H10Cl2F/c1-9(10-5-7-11(17)8-6-10)14-12(15)3-2-4-13(14)16/h2-8H,1H3. The lowest BCUT2D eigenvalue weighted by atomic mass is 9.93. The molecule has 2 aromatic rings. The molecule has 0 aliphatic rings. The summed E-state index contributed by atoms with van der Waals surface area (Å²) >= 11 is 12.3. The van der Waals surface area contributed by atoms with Crippen LogP contribution in [-0.4, -0.2) is 0 Å². The molecular weight excluding hydrogens is 258 g/mol. The minimum atomic E-state index is -0.258. The molecule has 17 heavy (non-hydrogen) atoms. The zero-order chi connectivity index (χ0) is 12.4. The summed E-state index contributed by atoms with van der Waals surface area (Å²) in [5.74, 6) is 0.674. The van der Waals surface area contributed by atoms with Crippen LogP contribution in [0.4, 0.5) is 4.39 Å². The second-order valence-electron chi connectivity index (χ2n) is 3.73. The molecule has 0 saturated heterocycles. The van der Waals surface area contributed by atoms with Crippen LogP contribution in [-0.2, 0) is 0 Å². The number of benzene rings is 2. The van der Waals surface area contributed by atoms with Crippen LogP contribution >= 0.6 is 23.2 Å². The van der Waals surface area contributed by atoms with Gasteiger partial charge < -0.3 is 0 Å². The van der Waals surface area contributed by atoms with Gasteiger partial charge in [0.05, 0.1) is 0 Å². The maximum atomic E-state index is 12.8. The number of rotatable bonds is 2. The van der Waals surface area contributed by atoms with E-state index >= 15 is 0 Å². The van der Waals surface area contributed by atoms with Crippen LogP contribution in [0.15, 0.2) is 42.5 Å². The maximum absolute atomic E-state index is 12.8. The minimum absolute atomic E-state index is 0.258. The van der Waals surface area contributed by atoms with Gasteiger partial charge in [-0.05, 0) is 29.8 Å². The summed E-state index contributed by atoms with van der Waals surface area (Å²) in [5.41, 5.74) is 1.70. The first-order valence-electron chi connectivity index (χ1n) is 5.13. The van der Waals surface area contributed by atoms with Crippen molar-refractivity contribution < 1.29 is 4.39 Å². The minimum Gasteiger partial charge on any atom is -0.207 e. The van der Waals surface area contributed by atoms with Crippen molar-refractivity contribution >= 4 is 23.2 Å². The Morgan fingerprint density at radius 3 is 2.00 bits per heavy atom. The van der Waals surface area contributed by atoms with Crippen LogP contribution in [0, 0.1) is 11.7 Å². The smallest absolute Gasteiger partial charge is 0.123 e. The van der Waals surface area contributed by atoms with Gasteiger partial charge in [-0.15, -0.1) is 0 Å². The van der Waals surface area contributed by atoms with Gasteiger partial charge in [0.2, 0.25) is 0 Å². The largest absolute Gasteiger partial charge is 0.207 e. The Morgan fingerprint density at radius 2 is 1.47 bits per heavy atom. The Kier molecular flexibility index (Phi) is 3.70. The van der Waals surface area contributed by atoms with Crippen LogP contribution < -0.4 is 0 Å². The van der Waals surface area contributed by atoms with Crippen molar-refractivity contribution in [3.05, 3.63) is 75.4 Å². The lowest BCUT2D eigenvalue weighted by molar-refractivity contribution is 0.627. The molecule has 0 aliphatic heterocycles. The van der Waals surface area contributed by atoms with Crippen molar-refractivity contribution in [3.63, 3.8) is 0 Å². The average Bonchev–Trinajstić information content (AvgIpc) is 2.29. The van der Waals surface area contributed by atoms with Gasteiger partial charge in [0.25, 0.3) is 0 Å². The molecule has 1 radical (unpaired) electrons. The number of hydrogen-bond acceptors (Lipinski definition) is 0. The highest BCUT2D eigenvalue weighted by Crippen LogP contribution is 2.34. The summed E-state index contributed by atoms with van der Waals surface area (Å²) in [6.45, 7) is 1.92. The molecule has 2 aromatic carbocycles. The fourth-order valence-corrected chi connectivity index (χ4v) is 2.38. The molecule has 2 rings (SSSR count). The van der Waals surface area contributed by atoms with Gasteiger partial charge >= 0.3 is 0 Å². The highest BCUT2D eigenvalue weighted by molar-refractivity contribution is 6.36. The third-order valence-electron chi connectivity index (χ3n) is 2.61. The first-order valence-corrected chi connectivity index (χ1v) is 5.89. The fourth-order valence-electron chi connectivity index (χ4n) is 1.70. The molecule has 0 saturated carbocycles. The van der Waals surface area contributed by atoms with Gasteiger partial charge in [-0.1, -0.05) is 48.3 Å². The molecule has 0 heterocycles. The molecule has 0 fully saturated rings. The van der Waals surface area contributed by atoms with Crippen molar-refractivity contribution in [2.45, 2.75) is 6.92 Å². The van der Waals surface area contributed by atoms with E-state index in [9.17, 15) is 4.39 Å². The lowest BCUT2D eigenvalue weighted by Gasteiger charge is -2.15. The Balaban J connectivity index is 2.43. The molecule has 0 spiro atoms. The lowest BCUT2D eigenvalue weighted by Crippen LogP contribution is -1.99. The van der Waals surface area contributed by atoms with Gasteiger partial charge in [0.1, 0.15) is 5.82 Å². The van der Waals surface area contributed by atoms with Crippen LogP contribution in [0.5, 0.6) is 0 Å². The molecule has 0 bridgehead atoms. The highest BCUT2D eigenvalue weighted by Gasteiger charge is 2.16. The van der Waals surface area contributed by atoms with E-state index in [2.05, 4.69) is 0 Å². The van der Waals surface area contributed by atoms with E-state index in [0.29, 0.717) is 10.0 Å². The third-order valence-corrected chi connectivity index (χ3v) is 3.24. The van der Waals surface area contributed by atoms with E-state index < -0.39 is 0 Å². The number of hydrogen-bond donors (Lipinski definition) is 0. The van der Waals surface area contributed by atoms with Gasteiger partial charge in [-0.3, -0.25) is 0 Å². The van der Waals surface area contributed by atoms with E-state index in [0.717, 1.165) is 17.0 Å². The van der Waals surface area contributed by atoms with Crippen molar-refractivity contribution in [1.29, 1.82) is 0 Å². The summed E-state index contributed by atoms with van der Waals surface area (Å²) in [4.78, 5) is 0. The van der Waals surface area contributed by atoms with E-state index in [1.165, 1.54) is 12.1 Å². The monoisotopic (exact) mass is 267 g/mol. The number of halogens is 3. The van der Waals surface area contributed by atoms with Crippen molar-refractivity contribution in [2.75, 3.05) is 0 Å². The molecule has 0 aromatic heterocycles. The summed E-state index contributed by atoms with van der Waals surface area (Å²) in [7, 11) is 0. The van der Waals surface area contributed by atoms with Crippen molar-refractivity contribution in [3.8, 4) is 0 Å². The Labute approximate surface area is 110 Å². The normalized spacial score (nSPS) is 10.9. The van der Waals surface area contributed by atoms with E-state index in [-0.39, 0.29) is 5.82 Å². The molecule has 0 N–H and O–H groups in total. The second-order valence-corrected chi connectivity index (χ2v) is 4.54. The summed E-state index contributed by atoms with van der Waals surface area (Å²) < 4.78 is 12.8. The van der Waals surface area contributed by atoms with Crippen LogP contribution in [0.25, 0.3) is 0 Å². The van der Waals surface area contributed by atoms with Gasteiger partial charge in [0, 0.05) is 21.5 Å². The highest BCUT2D eigenvalue weighted by atomic mass is 35.5. The second kappa shape index (κ2) is 5.07. The summed E-state index contributed by atoms with van der Waals surface area (Å²) in [6, 6.07) is 11.6. The Hall–Kier alpha value is -1.05. The van der Waals surface area contributed by atoms with E-state index in [4.69, 9.17) is 23.2 Å². The fraction of sp³-hybridized carbons (Fsp3) is 0.0714. The molecule has 0 aliphatic carbocycles. The van der Waals surface area contributed by atoms with Crippen LogP contribution in [0.2, 0.25) is 10.0 Å². The molecule has 0 unspecified atom stereocenters. The molecule has 3 heteroatoms. The van der Waals surface area contributed by atoms with E-state index in [1.54, 1.807) is 30.3 Å². The Bertz CT molecular complexity index is 500. The molecular formula is C14H10Cl2F. The third kappa shape index (κ3) is 2.62. The average molecular weight is 268 g/mol. The summed E-state index contributed by atoms with van der Waals surface area (Å²) in [6.07, 6.45) is 0. The predicted octanol–water partition coefficient (Wildman–Crippen LogP) is 5.12. The first-order chi connectivity index (χ1) is 8.09. The zero-order valence-electron chi connectivity index (χ0n) is 9.18. The molecule has 0 amide bonds. The maximum Gasteiger partial charge on any atom is 0.123 e.